The van der Waals surface area contributed by atoms with Gasteiger partial charge in [-0.15, -0.1) is 0 Å². The van der Waals surface area contributed by atoms with Crippen molar-refractivity contribution in [2.24, 2.45) is 5.92 Å². The Morgan fingerprint density at radius 2 is 2.00 bits per heavy atom. The molecule has 108 valence electrons. The van der Waals surface area contributed by atoms with Gasteiger partial charge in [-0.05, 0) is 24.0 Å². The number of hydrogen-bond acceptors (Lipinski definition) is 4. The van der Waals surface area contributed by atoms with Crippen LogP contribution in [0, 0.1) is 5.92 Å². The maximum atomic E-state index is 12.1. The van der Waals surface area contributed by atoms with Crippen molar-refractivity contribution >= 4 is 15.8 Å². The van der Waals surface area contributed by atoms with Gasteiger partial charge in [-0.1, -0.05) is 18.2 Å². The predicted molar refractivity (Wildman–Crippen MR) is 73.2 cm³/mol. The van der Waals surface area contributed by atoms with Gasteiger partial charge >= 0.3 is 5.97 Å². The van der Waals surface area contributed by atoms with Crippen molar-refractivity contribution < 1.29 is 18.3 Å². The van der Waals surface area contributed by atoms with Crippen LogP contribution in [-0.2, 0) is 14.6 Å². The second-order valence-electron chi connectivity index (χ2n) is 5.58. The normalized spacial score (nSPS) is 25.7. The van der Waals surface area contributed by atoms with Gasteiger partial charge in [0.15, 0.2) is 9.84 Å². The molecule has 5 nitrogen and oxygen atoms in total. The third kappa shape index (κ3) is 2.33. The quantitative estimate of drug-likeness (QED) is 0.910. The van der Waals surface area contributed by atoms with E-state index in [-0.39, 0.29) is 24.1 Å². The zero-order valence-corrected chi connectivity index (χ0v) is 11.8. The number of carbonyl (C=O) groups is 1. The molecule has 2 heterocycles. The third-order valence-corrected chi connectivity index (χ3v) is 5.98. The van der Waals surface area contributed by atoms with Gasteiger partial charge in [0.2, 0.25) is 0 Å². The molecule has 1 aromatic rings. The zero-order chi connectivity index (χ0) is 14.3. The molecule has 0 saturated carbocycles. The number of carboxylic acids is 1. The van der Waals surface area contributed by atoms with Crippen LogP contribution >= 0.6 is 0 Å². The maximum absolute atomic E-state index is 12.1. The van der Waals surface area contributed by atoms with Gasteiger partial charge in [0, 0.05) is 19.1 Å². The minimum atomic E-state index is -3.15. The molecular weight excluding hydrogens is 278 g/mol. The fourth-order valence-electron chi connectivity index (χ4n) is 3.19. The van der Waals surface area contributed by atoms with Crippen LogP contribution in [0.5, 0.6) is 0 Å². The van der Waals surface area contributed by atoms with Crippen molar-refractivity contribution in [2.45, 2.75) is 23.8 Å². The van der Waals surface area contributed by atoms with Crippen molar-refractivity contribution in [3.63, 3.8) is 0 Å². The average Bonchev–Trinajstić information content (AvgIpc) is 2.35. The fraction of sp³-hybridized carbons (Fsp3) is 0.500. The summed E-state index contributed by atoms with van der Waals surface area (Å²) in [6.07, 6.45) is 0.794. The molecule has 20 heavy (non-hydrogen) atoms. The second-order valence-corrected chi connectivity index (χ2v) is 7.66. The van der Waals surface area contributed by atoms with Crippen LogP contribution in [0.3, 0.4) is 0 Å². The van der Waals surface area contributed by atoms with Gasteiger partial charge < -0.3 is 5.11 Å². The first-order chi connectivity index (χ1) is 9.47. The highest BCUT2D eigenvalue weighted by molar-refractivity contribution is 7.91. The van der Waals surface area contributed by atoms with Crippen molar-refractivity contribution in [3.8, 4) is 0 Å². The predicted octanol–water partition coefficient (Wildman–Crippen LogP) is 1.31. The van der Waals surface area contributed by atoms with Gasteiger partial charge in [-0.2, -0.15) is 0 Å². The second kappa shape index (κ2) is 4.86. The molecule has 1 N–H and O–H groups in total. The van der Waals surface area contributed by atoms with Gasteiger partial charge in [-0.25, -0.2) is 8.42 Å². The van der Waals surface area contributed by atoms with Crippen molar-refractivity contribution in [1.29, 1.82) is 0 Å². The van der Waals surface area contributed by atoms with Gasteiger partial charge in [0.25, 0.3) is 0 Å². The van der Waals surface area contributed by atoms with Crippen molar-refractivity contribution in [1.82, 2.24) is 4.90 Å². The molecule has 2 aliphatic rings. The van der Waals surface area contributed by atoms with E-state index in [9.17, 15) is 13.2 Å². The lowest BCUT2D eigenvalue weighted by Crippen LogP contribution is -2.50. The van der Waals surface area contributed by atoms with Crippen LogP contribution in [-0.4, -0.2) is 43.2 Å². The number of hydrogen-bond donors (Lipinski definition) is 1. The van der Waals surface area contributed by atoms with Crippen LogP contribution in [0.15, 0.2) is 29.2 Å². The summed E-state index contributed by atoms with van der Waals surface area (Å²) in [6.45, 7) is 1.48. The molecule has 0 radical (unpaired) electrons. The first kappa shape index (κ1) is 13.6. The highest BCUT2D eigenvalue weighted by atomic mass is 32.2. The van der Waals surface area contributed by atoms with E-state index >= 15 is 0 Å². The smallest absolute Gasteiger partial charge is 0.303 e. The highest BCUT2D eigenvalue weighted by Crippen LogP contribution is 2.39. The number of nitrogens with zero attached hydrogens (tertiary/aromatic N) is 1. The molecule has 3 rings (SSSR count). The van der Waals surface area contributed by atoms with E-state index in [1.54, 1.807) is 12.1 Å². The number of likely N-dealkylation sites (tertiary alicyclic amines) is 1. The number of sulfone groups is 1. The number of benzene rings is 1. The Balaban J connectivity index is 1.79. The van der Waals surface area contributed by atoms with E-state index in [4.69, 9.17) is 5.11 Å². The summed E-state index contributed by atoms with van der Waals surface area (Å²) in [6, 6.07) is 7.27. The fourth-order valence-corrected chi connectivity index (χ4v) is 4.79. The van der Waals surface area contributed by atoms with Crippen molar-refractivity contribution in [2.75, 3.05) is 18.8 Å². The number of carboxylic acid groups (broad SMARTS) is 1. The molecule has 0 bridgehead atoms. The Labute approximate surface area is 118 Å². The maximum Gasteiger partial charge on any atom is 0.303 e. The summed E-state index contributed by atoms with van der Waals surface area (Å²) < 4.78 is 24.1. The summed E-state index contributed by atoms with van der Waals surface area (Å²) >= 11 is 0. The van der Waals surface area contributed by atoms with E-state index in [0.29, 0.717) is 11.3 Å². The molecule has 0 spiro atoms. The van der Waals surface area contributed by atoms with E-state index in [0.717, 1.165) is 18.7 Å². The molecule has 1 aromatic carbocycles. The first-order valence-corrected chi connectivity index (χ1v) is 8.40. The number of aliphatic carboxylic acids is 1. The molecule has 1 fully saturated rings. The summed E-state index contributed by atoms with van der Waals surface area (Å²) in [5.74, 6) is -0.395. The van der Waals surface area contributed by atoms with Gasteiger partial charge in [0.1, 0.15) is 0 Å². The largest absolute Gasteiger partial charge is 0.481 e. The minimum absolute atomic E-state index is 0.111. The van der Waals surface area contributed by atoms with Gasteiger partial charge in [-0.3, -0.25) is 9.69 Å². The molecule has 6 heteroatoms. The summed E-state index contributed by atoms with van der Waals surface area (Å²) in [7, 11) is -3.15. The van der Waals surface area contributed by atoms with Gasteiger partial charge in [0.05, 0.1) is 17.1 Å². The zero-order valence-electron chi connectivity index (χ0n) is 11.0. The van der Waals surface area contributed by atoms with Crippen LogP contribution < -0.4 is 0 Å². The Hall–Kier alpha value is -1.40. The van der Waals surface area contributed by atoms with Crippen molar-refractivity contribution in [3.05, 3.63) is 29.8 Å². The molecular formula is C14H17NO4S. The minimum Gasteiger partial charge on any atom is -0.481 e. The van der Waals surface area contributed by atoms with E-state index in [1.165, 1.54) is 0 Å². The lowest BCUT2D eigenvalue weighted by molar-refractivity contribution is -0.139. The summed E-state index contributed by atoms with van der Waals surface area (Å²) in [5.41, 5.74) is 0.868. The monoisotopic (exact) mass is 295 g/mol. The topological polar surface area (TPSA) is 74.7 Å². The lowest BCUT2D eigenvalue weighted by Gasteiger charge is -2.45. The van der Waals surface area contributed by atoms with Crippen LogP contribution in [0.25, 0.3) is 0 Å². The van der Waals surface area contributed by atoms with Crippen LogP contribution in [0.4, 0.5) is 0 Å². The molecule has 1 saturated heterocycles. The van der Waals surface area contributed by atoms with Crippen LogP contribution in [0.2, 0.25) is 0 Å². The standard InChI is InChI=1S/C14H17NO4S/c16-14(17)7-10-8-15(9-10)12-5-6-20(18,19)13-4-2-1-3-11(12)13/h1-4,10,12H,5-9H2,(H,16,17). The van der Waals surface area contributed by atoms with E-state index in [2.05, 4.69) is 4.90 Å². The molecule has 0 aromatic heterocycles. The molecule has 1 atom stereocenters. The summed E-state index contributed by atoms with van der Waals surface area (Å²) in [5, 5.41) is 8.77. The third-order valence-electron chi connectivity index (χ3n) is 4.16. The van der Waals surface area contributed by atoms with Crippen LogP contribution in [0.1, 0.15) is 24.4 Å². The Bertz CT molecular complexity index is 634. The highest BCUT2D eigenvalue weighted by Gasteiger charge is 2.39. The number of fused-ring (bicyclic) bond motifs is 1. The summed E-state index contributed by atoms with van der Waals surface area (Å²) in [4.78, 5) is 13.3. The Morgan fingerprint density at radius 3 is 2.70 bits per heavy atom. The molecule has 0 amide bonds. The molecule has 1 unspecified atom stereocenters. The van der Waals surface area contributed by atoms with E-state index in [1.807, 2.05) is 12.1 Å². The van der Waals surface area contributed by atoms with E-state index < -0.39 is 15.8 Å². The SMILES string of the molecule is O=C(O)CC1CN(C2CCS(=O)(=O)c3ccccc32)C1. The first-order valence-electron chi connectivity index (χ1n) is 6.75. The molecule has 2 aliphatic heterocycles. The Kier molecular flexibility index (Phi) is 3.30. The Morgan fingerprint density at radius 1 is 1.30 bits per heavy atom. The average molecular weight is 295 g/mol. The molecule has 0 aliphatic carbocycles. The number of rotatable bonds is 3. The lowest BCUT2D eigenvalue weighted by atomic mass is 9.91.